The lowest BCUT2D eigenvalue weighted by Gasteiger charge is -2.08. The predicted molar refractivity (Wildman–Crippen MR) is 66.5 cm³/mol. The van der Waals surface area contributed by atoms with Crippen molar-refractivity contribution in [1.29, 1.82) is 0 Å². The van der Waals surface area contributed by atoms with E-state index in [9.17, 15) is 0 Å². The molecule has 4 nitrogen and oxygen atoms in total. The number of hydrogen-bond acceptors (Lipinski definition) is 4. The Labute approximate surface area is 101 Å². The third kappa shape index (κ3) is 4.37. The molecule has 0 atom stereocenters. The fourth-order valence-electron chi connectivity index (χ4n) is 1.37. The minimum atomic E-state index is 0.602. The van der Waals surface area contributed by atoms with Gasteiger partial charge in [-0.25, -0.2) is 5.43 Å². The van der Waals surface area contributed by atoms with E-state index >= 15 is 0 Å². The SMILES string of the molecule is CCOc1ccc(CCNCNN)cc1Cl. The molecule has 4 N–H and O–H groups in total. The Hall–Kier alpha value is -0.810. The van der Waals surface area contributed by atoms with E-state index in [1.54, 1.807) is 0 Å². The number of hydrogen-bond donors (Lipinski definition) is 3. The Bertz CT molecular complexity index is 320. The zero-order valence-corrected chi connectivity index (χ0v) is 10.2. The molecule has 0 radical (unpaired) electrons. The molecule has 0 heterocycles. The molecule has 0 amide bonds. The van der Waals surface area contributed by atoms with Gasteiger partial charge in [0.25, 0.3) is 0 Å². The van der Waals surface area contributed by atoms with Gasteiger partial charge in [-0.15, -0.1) is 0 Å². The average molecular weight is 244 g/mol. The van der Waals surface area contributed by atoms with Gasteiger partial charge in [-0.05, 0) is 31.0 Å². The molecule has 0 aliphatic rings. The van der Waals surface area contributed by atoms with E-state index in [4.69, 9.17) is 22.2 Å². The van der Waals surface area contributed by atoms with Crippen LogP contribution >= 0.6 is 11.6 Å². The van der Waals surface area contributed by atoms with Gasteiger partial charge in [0.15, 0.2) is 0 Å². The number of halogens is 1. The van der Waals surface area contributed by atoms with E-state index in [1.807, 2.05) is 25.1 Å². The van der Waals surface area contributed by atoms with Crippen LogP contribution < -0.4 is 21.3 Å². The number of nitrogens with one attached hydrogen (secondary N) is 2. The van der Waals surface area contributed by atoms with E-state index in [0.29, 0.717) is 18.3 Å². The van der Waals surface area contributed by atoms with Crippen molar-refractivity contribution in [3.05, 3.63) is 28.8 Å². The molecule has 0 fully saturated rings. The summed E-state index contributed by atoms with van der Waals surface area (Å²) in [6.07, 6.45) is 0.911. The van der Waals surface area contributed by atoms with Crippen molar-refractivity contribution in [2.45, 2.75) is 13.3 Å². The fraction of sp³-hybridized carbons (Fsp3) is 0.455. The van der Waals surface area contributed by atoms with Crippen LogP contribution in [-0.4, -0.2) is 19.8 Å². The molecule has 0 unspecified atom stereocenters. The van der Waals surface area contributed by atoms with Gasteiger partial charge in [-0.1, -0.05) is 17.7 Å². The quantitative estimate of drug-likeness (QED) is 0.292. The molecule has 90 valence electrons. The van der Waals surface area contributed by atoms with Crippen molar-refractivity contribution in [2.24, 2.45) is 5.84 Å². The zero-order valence-electron chi connectivity index (χ0n) is 9.42. The van der Waals surface area contributed by atoms with Crippen LogP contribution in [0, 0.1) is 0 Å². The Morgan fingerprint density at radius 1 is 1.44 bits per heavy atom. The molecule has 1 aromatic rings. The van der Waals surface area contributed by atoms with E-state index in [2.05, 4.69) is 10.7 Å². The van der Waals surface area contributed by atoms with Crippen molar-refractivity contribution in [2.75, 3.05) is 19.8 Å². The molecule has 0 aliphatic carbocycles. The summed E-state index contributed by atoms with van der Waals surface area (Å²) in [5, 5.41) is 3.80. The third-order valence-electron chi connectivity index (χ3n) is 2.11. The highest BCUT2D eigenvalue weighted by Crippen LogP contribution is 2.25. The fourth-order valence-corrected chi connectivity index (χ4v) is 1.62. The van der Waals surface area contributed by atoms with Crippen LogP contribution in [0.5, 0.6) is 5.75 Å². The molecule has 5 heteroatoms. The second kappa shape index (κ2) is 7.46. The lowest BCUT2D eigenvalue weighted by Crippen LogP contribution is -2.34. The molecular formula is C11H18ClN3O. The molecule has 0 aliphatic heterocycles. The summed E-state index contributed by atoms with van der Waals surface area (Å²) in [4.78, 5) is 0. The first kappa shape index (κ1) is 13.3. The van der Waals surface area contributed by atoms with Crippen LogP contribution in [-0.2, 0) is 6.42 Å². The van der Waals surface area contributed by atoms with Gasteiger partial charge < -0.3 is 10.1 Å². The summed E-state index contributed by atoms with van der Waals surface area (Å²) in [5.74, 6) is 5.88. The molecule has 16 heavy (non-hydrogen) atoms. The Morgan fingerprint density at radius 2 is 2.25 bits per heavy atom. The maximum absolute atomic E-state index is 6.07. The molecule has 1 rings (SSSR count). The van der Waals surface area contributed by atoms with Gasteiger partial charge in [-0.3, -0.25) is 5.84 Å². The van der Waals surface area contributed by atoms with Crippen LogP contribution in [0.15, 0.2) is 18.2 Å². The van der Waals surface area contributed by atoms with E-state index < -0.39 is 0 Å². The number of ether oxygens (including phenoxy) is 1. The highest BCUT2D eigenvalue weighted by atomic mass is 35.5. The predicted octanol–water partition coefficient (Wildman–Crippen LogP) is 1.29. The summed E-state index contributed by atoms with van der Waals surface area (Å²) in [7, 11) is 0. The topological polar surface area (TPSA) is 59.3 Å². The van der Waals surface area contributed by atoms with Crippen molar-refractivity contribution in [3.8, 4) is 5.75 Å². The first-order valence-corrected chi connectivity index (χ1v) is 5.71. The van der Waals surface area contributed by atoms with Crippen molar-refractivity contribution in [3.63, 3.8) is 0 Å². The van der Waals surface area contributed by atoms with Gasteiger partial charge >= 0.3 is 0 Å². The molecule has 0 saturated heterocycles. The third-order valence-corrected chi connectivity index (χ3v) is 2.41. The van der Waals surface area contributed by atoms with Gasteiger partial charge in [-0.2, -0.15) is 0 Å². The highest BCUT2D eigenvalue weighted by molar-refractivity contribution is 6.32. The maximum atomic E-state index is 6.07. The molecule has 0 spiro atoms. The normalized spacial score (nSPS) is 10.4. The van der Waals surface area contributed by atoms with Crippen molar-refractivity contribution >= 4 is 11.6 Å². The largest absolute Gasteiger partial charge is 0.492 e. The number of benzene rings is 1. The molecule has 0 bridgehead atoms. The molecule has 0 saturated carbocycles. The van der Waals surface area contributed by atoms with Crippen LogP contribution in [0.4, 0.5) is 0 Å². The summed E-state index contributed by atoms with van der Waals surface area (Å²) in [5.41, 5.74) is 3.71. The second-order valence-corrected chi connectivity index (χ2v) is 3.74. The summed E-state index contributed by atoms with van der Waals surface area (Å²) in [6.45, 7) is 4.02. The number of hydrazine groups is 1. The van der Waals surface area contributed by atoms with Gasteiger partial charge in [0, 0.05) is 6.54 Å². The number of nitrogens with two attached hydrogens (primary N) is 1. The minimum absolute atomic E-state index is 0.602. The van der Waals surface area contributed by atoms with Crippen LogP contribution in [0.3, 0.4) is 0 Å². The monoisotopic (exact) mass is 243 g/mol. The van der Waals surface area contributed by atoms with Gasteiger partial charge in [0.2, 0.25) is 0 Å². The summed E-state index contributed by atoms with van der Waals surface area (Å²) < 4.78 is 5.36. The van der Waals surface area contributed by atoms with Crippen LogP contribution in [0.2, 0.25) is 5.02 Å². The molecule has 1 aromatic carbocycles. The molecular weight excluding hydrogens is 226 g/mol. The highest BCUT2D eigenvalue weighted by Gasteiger charge is 2.02. The zero-order chi connectivity index (χ0) is 11.8. The van der Waals surface area contributed by atoms with Crippen molar-refractivity contribution in [1.82, 2.24) is 10.7 Å². The maximum Gasteiger partial charge on any atom is 0.137 e. The average Bonchev–Trinajstić information content (AvgIpc) is 2.28. The Kier molecular flexibility index (Phi) is 6.18. The Morgan fingerprint density at radius 3 is 2.88 bits per heavy atom. The van der Waals surface area contributed by atoms with E-state index in [-0.39, 0.29) is 0 Å². The Balaban J connectivity index is 2.46. The van der Waals surface area contributed by atoms with Crippen LogP contribution in [0.1, 0.15) is 12.5 Å². The minimum Gasteiger partial charge on any atom is -0.492 e. The summed E-state index contributed by atoms with van der Waals surface area (Å²) in [6, 6.07) is 5.86. The van der Waals surface area contributed by atoms with E-state index in [1.165, 1.54) is 5.56 Å². The number of rotatable bonds is 7. The lowest BCUT2D eigenvalue weighted by molar-refractivity contribution is 0.340. The van der Waals surface area contributed by atoms with Crippen LogP contribution in [0.25, 0.3) is 0 Å². The van der Waals surface area contributed by atoms with Gasteiger partial charge in [0.1, 0.15) is 5.75 Å². The van der Waals surface area contributed by atoms with E-state index in [0.717, 1.165) is 18.7 Å². The summed E-state index contributed by atoms with van der Waals surface area (Å²) >= 11 is 6.07. The second-order valence-electron chi connectivity index (χ2n) is 3.33. The first-order chi connectivity index (χ1) is 7.77. The standard InChI is InChI=1S/C11H18ClN3O/c1-2-16-11-4-3-9(7-10(11)12)5-6-14-8-15-13/h3-4,7,14-15H,2,5-6,8,13H2,1H3. The lowest BCUT2D eigenvalue weighted by atomic mass is 10.1. The van der Waals surface area contributed by atoms with Crippen molar-refractivity contribution < 1.29 is 4.74 Å². The van der Waals surface area contributed by atoms with Gasteiger partial charge in [0.05, 0.1) is 18.3 Å². The first-order valence-electron chi connectivity index (χ1n) is 5.33. The smallest absolute Gasteiger partial charge is 0.137 e. The molecule has 0 aromatic heterocycles.